The van der Waals surface area contributed by atoms with E-state index in [4.69, 9.17) is 4.74 Å². The van der Waals surface area contributed by atoms with E-state index in [0.717, 1.165) is 38.1 Å². The van der Waals surface area contributed by atoms with Gasteiger partial charge in [-0.25, -0.2) is 0 Å². The van der Waals surface area contributed by atoms with Gasteiger partial charge in [0.05, 0.1) is 11.0 Å². The molecule has 1 N–H and O–H groups in total. The standard InChI is InChI=1S/C14H20N2O3/c17-16(18)13-6-4-12(5-7-13)8-9-15-11-14-3-1-2-10-19-14/h4-7,14-15H,1-3,8-11H2. The Bertz CT molecular complexity index is 400. The zero-order chi connectivity index (χ0) is 13.5. The van der Waals surface area contributed by atoms with Crippen molar-refractivity contribution in [2.45, 2.75) is 31.8 Å². The molecule has 0 spiro atoms. The summed E-state index contributed by atoms with van der Waals surface area (Å²) in [6.45, 7) is 2.65. The maximum atomic E-state index is 10.5. The molecule has 1 fully saturated rings. The van der Waals surface area contributed by atoms with Gasteiger partial charge in [-0.1, -0.05) is 12.1 Å². The first kappa shape index (κ1) is 14.0. The minimum Gasteiger partial charge on any atom is -0.377 e. The minimum absolute atomic E-state index is 0.146. The summed E-state index contributed by atoms with van der Waals surface area (Å²) in [5.41, 5.74) is 1.26. The van der Waals surface area contributed by atoms with Crippen LogP contribution in [0.4, 0.5) is 5.69 Å². The van der Waals surface area contributed by atoms with Gasteiger partial charge in [0, 0.05) is 25.3 Å². The van der Waals surface area contributed by atoms with E-state index in [1.54, 1.807) is 12.1 Å². The summed E-state index contributed by atoms with van der Waals surface area (Å²) < 4.78 is 5.63. The fourth-order valence-electron chi connectivity index (χ4n) is 2.25. The van der Waals surface area contributed by atoms with Crippen LogP contribution < -0.4 is 5.32 Å². The van der Waals surface area contributed by atoms with Crippen molar-refractivity contribution in [2.75, 3.05) is 19.7 Å². The lowest BCUT2D eigenvalue weighted by Gasteiger charge is -2.22. The van der Waals surface area contributed by atoms with Gasteiger partial charge in [-0.05, 0) is 37.8 Å². The number of hydrogen-bond donors (Lipinski definition) is 1. The molecule has 0 aliphatic carbocycles. The predicted octanol–water partition coefficient (Wildman–Crippen LogP) is 2.30. The second kappa shape index (κ2) is 7.21. The third-order valence-corrected chi connectivity index (χ3v) is 3.38. The van der Waals surface area contributed by atoms with Gasteiger partial charge in [-0.15, -0.1) is 0 Å². The van der Waals surface area contributed by atoms with Crippen LogP contribution in [0.3, 0.4) is 0 Å². The lowest BCUT2D eigenvalue weighted by atomic mass is 10.1. The maximum absolute atomic E-state index is 10.5. The molecule has 0 bridgehead atoms. The van der Waals surface area contributed by atoms with Gasteiger partial charge in [0.15, 0.2) is 0 Å². The first-order valence-electron chi connectivity index (χ1n) is 6.81. The molecule has 0 saturated carbocycles. The highest BCUT2D eigenvalue weighted by molar-refractivity contribution is 5.32. The monoisotopic (exact) mass is 264 g/mol. The second-order valence-corrected chi connectivity index (χ2v) is 4.87. The van der Waals surface area contributed by atoms with Gasteiger partial charge >= 0.3 is 0 Å². The topological polar surface area (TPSA) is 64.4 Å². The van der Waals surface area contributed by atoms with Crippen LogP contribution in [0.2, 0.25) is 0 Å². The SMILES string of the molecule is O=[N+]([O-])c1ccc(CCNCC2CCCCO2)cc1. The summed E-state index contributed by atoms with van der Waals surface area (Å²) >= 11 is 0. The summed E-state index contributed by atoms with van der Waals surface area (Å²) in [6, 6.07) is 6.74. The summed E-state index contributed by atoms with van der Waals surface area (Å²) in [4.78, 5) is 10.2. The average molecular weight is 264 g/mol. The Morgan fingerprint density at radius 1 is 1.32 bits per heavy atom. The van der Waals surface area contributed by atoms with E-state index >= 15 is 0 Å². The van der Waals surface area contributed by atoms with Crippen molar-refractivity contribution >= 4 is 5.69 Å². The fourth-order valence-corrected chi connectivity index (χ4v) is 2.25. The molecule has 19 heavy (non-hydrogen) atoms. The summed E-state index contributed by atoms with van der Waals surface area (Å²) in [5.74, 6) is 0. The molecule has 5 nitrogen and oxygen atoms in total. The van der Waals surface area contributed by atoms with Gasteiger partial charge in [0.1, 0.15) is 0 Å². The van der Waals surface area contributed by atoms with Crippen molar-refractivity contribution in [3.8, 4) is 0 Å². The third kappa shape index (κ3) is 4.61. The van der Waals surface area contributed by atoms with Gasteiger partial charge in [0.25, 0.3) is 5.69 Å². The zero-order valence-corrected chi connectivity index (χ0v) is 11.0. The molecule has 0 aromatic heterocycles. The van der Waals surface area contributed by atoms with E-state index < -0.39 is 0 Å². The highest BCUT2D eigenvalue weighted by Gasteiger charge is 2.12. The van der Waals surface area contributed by atoms with Gasteiger partial charge in [0.2, 0.25) is 0 Å². The van der Waals surface area contributed by atoms with Crippen LogP contribution in [0.1, 0.15) is 24.8 Å². The number of non-ortho nitro benzene ring substituents is 1. The van der Waals surface area contributed by atoms with E-state index in [1.807, 2.05) is 12.1 Å². The van der Waals surface area contributed by atoms with Crippen molar-refractivity contribution in [2.24, 2.45) is 0 Å². The summed E-state index contributed by atoms with van der Waals surface area (Å²) in [7, 11) is 0. The minimum atomic E-state index is -0.373. The van der Waals surface area contributed by atoms with Crippen molar-refractivity contribution in [3.05, 3.63) is 39.9 Å². The van der Waals surface area contributed by atoms with Crippen LogP contribution in [0.5, 0.6) is 0 Å². The lowest BCUT2D eigenvalue weighted by molar-refractivity contribution is -0.384. The fraction of sp³-hybridized carbons (Fsp3) is 0.571. The molecule has 1 aliphatic rings. The van der Waals surface area contributed by atoms with Crippen LogP contribution in [0, 0.1) is 10.1 Å². The highest BCUT2D eigenvalue weighted by Crippen LogP contribution is 2.13. The molecule has 1 atom stereocenters. The Labute approximate surface area is 113 Å². The number of nitrogens with one attached hydrogen (secondary N) is 1. The molecule has 1 aromatic rings. The number of nitro groups is 1. The first-order chi connectivity index (χ1) is 9.25. The van der Waals surface area contributed by atoms with E-state index in [1.165, 1.54) is 12.8 Å². The van der Waals surface area contributed by atoms with Gasteiger partial charge < -0.3 is 10.1 Å². The van der Waals surface area contributed by atoms with Gasteiger partial charge in [-0.2, -0.15) is 0 Å². The smallest absolute Gasteiger partial charge is 0.269 e. The molecular formula is C14H20N2O3. The summed E-state index contributed by atoms with van der Waals surface area (Å²) in [5, 5.41) is 13.9. The van der Waals surface area contributed by atoms with Crippen molar-refractivity contribution in [1.29, 1.82) is 0 Å². The number of nitrogens with zero attached hydrogens (tertiary/aromatic N) is 1. The highest BCUT2D eigenvalue weighted by atomic mass is 16.6. The predicted molar refractivity (Wildman–Crippen MR) is 73.3 cm³/mol. The molecule has 1 aromatic carbocycles. The van der Waals surface area contributed by atoms with E-state index in [9.17, 15) is 10.1 Å². The molecular weight excluding hydrogens is 244 g/mol. The number of hydrogen-bond acceptors (Lipinski definition) is 4. The lowest BCUT2D eigenvalue weighted by Crippen LogP contribution is -2.32. The number of ether oxygens (including phenoxy) is 1. The van der Waals surface area contributed by atoms with Crippen molar-refractivity contribution < 1.29 is 9.66 Å². The molecule has 2 rings (SSSR count). The first-order valence-corrected chi connectivity index (χ1v) is 6.81. The maximum Gasteiger partial charge on any atom is 0.269 e. The van der Waals surface area contributed by atoms with Crippen molar-refractivity contribution in [3.63, 3.8) is 0 Å². The molecule has 1 aliphatic heterocycles. The number of nitro benzene ring substituents is 1. The Kier molecular flexibility index (Phi) is 5.30. The molecule has 5 heteroatoms. The van der Waals surface area contributed by atoms with E-state index in [2.05, 4.69) is 5.32 Å². The molecule has 0 amide bonds. The normalized spacial score (nSPS) is 19.3. The van der Waals surface area contributed by atoms with Crippen LogP contribution in [0.15, 0.2) is 24.3 Å². The zero-order valence-electron chi connectivity index (χ0n) is 11.0. The van der Waals surface area contributed by atoms with Crippen LogP contribution in [-0.2, 0) is 11.2 Å². The third-order valence-electron chi connectivity index (χ3n) is 3.38. The van der Waals surface area contributed by atoms with Crippen molar-refractivity contribution in [1.82, 2.24) is 5.32 Å². The molecule has 0 radical (unpaired) electrons. The Morgan fingerprint density at radius 2 is 2.11 bits per heavy atom. The van der Waals surface area contributed by atoms with E-state index in [0.29, 0.717) is 6.10 Å². The average Bonchev–Trinajstić information content (AvgIpc) is 2.45. The Hall–Kier alpha value is -1.46. The largest absolute Gasteiger partial charge is 0.377 e. The molecule has 1 heterocycles. The summed E-state index contributed by atoms with van der Waals surface area (Å²) in [6.07, 6.45) is 4.81. The van der Waals surface area contributed by atoms with Crippen LogP contribution >= 0.6 is 0 Å². The molecule has 104 valence electrons. The second-order valence-electron chi connectivity index (χ2n) is 4.87. The van der Waals surface area contributed by atoms with Crippen LogP contribution in [0.25, 0.3) is 0 Å². The van der Waals surface area contributed by atoms with Gasteiger partial charge in [-0.3, -0.25) is 10.1 Å². The Morgan fingerprint density at radius 3 is 2.74 bits per heavy atom. The molecule has 1 saturated heterocycles. The number of benzene rings is 1. The van der Waals surface area contributed by atoms with E-state index in [-0.39, 0.29) is 10.6 Å². The Balaban J connectivity index is 1.66. The van der Waals surface area contributed by atoms with Crippen LogP contribution in [-0.4, -0.2) is 30.7 Å². The molecule has 1 unspecified atom stereocenters. The number of rotatable bonds is 6. The quantitative estimate of drug-likeness (QED) is 0.486.